The molecule has 7 nitrogen and oxygen atoms in total. The largest absolute Gasteiger partial charge is 0.464 e. The molecule has 1 aromatic heterocycles. The number of esters is 1. The third kappa shape index (κ3) is 7.32. The zero-order valence-corrected chi connectivity index (χ0v) is 19.3. The predicted octanol–water partition coefficient (Wildman–Crippen LogP) is 4.02. The lowest BCUT2D eigenvalue weighted by Crippen LogP contribution is -2.46. The lowest BCUT2D eigenvalue weighted by molar-refractivity contribution is -0.148. The minimum Gasteiger partial charge on any atom is -0.464 e. The van der Waals surface area contributed by atoms with Gasteiger partial charge in [0, 0.05) is 16.3 Å². The fraction of sp³-hybridized carbons (Fsp3) is 0.500. The maximum absolute atomic E-state index is 12.5. The molecule has 8 heteroatoms. The number of amides is 1. The molecule has 1 fully saturated rings. The topological polar surface area (TPSA) is 88.1 Å². The SMILES string of the molecule is CCOC(=O)C(NC(=O)OCc1ccccc1)C(O)c1ccc(CN2CCCCCC2)s1. The van der Waals surface area contributed by atoms with Crippen molar-refractivity contribution in [3.05, 3.63) is 57.8 Å². The molecule has 174 valence electrons. The Bertz CT molecular complexity index is 849. The molecule has 0 radical (unpaired) electrons. The van der Waals surface area contributed by atoms with E-state index < -0.39 is 24.2 Å². The fourth-order valence-electron chi connectivity index (χ4n) is 3.71. The molecule has 0 bridgehead atoms. The van der Waals surface area contributed by atoms with E-state index in [0.717, 1.165) is 30.1 Å². The molecule has 2 unspecified atom stereocenters. The van der Waals surface area contributed by atoms with Gasteiger partial charge in [-0.1, -0.05) is 43.2 Å². The number of alkyl carbamates (subject to hydrolysis) is 1. The second kappa shape index (κ2) is 12.6. The number of aliphatic hydroxyl groups is 1. The van der Waals surface area contributed by atoms with E-state index in [2.05, 4.69) is 10.2 Å². The van der Waals surface area contributed by atoms with Crippen LogP contribution in [0, 0.1) is 0 Å². The van der Waals surface area contributed by atoms with Crippen LogP contribution in [0.2, 0.25) is 0 Å². The van der Waals surface area contributed by atoms with Crippen molar-refractivity contribution in [2.45, 2.75) is 57.9 Å². The minimum atomic E-state index is -1.25. The molecule has 2 N–H and O–H groups in total. The number of thiophene rings is 1. The highest BCUT2D eigenvalue weighted by Gasteiger charge is 2.32. The number of hydrogen-bond donors (Lipinski definition) is 2. The molecule has 1 aliphatic rings. The highest BCUT2D eigenvalue weighted by Crippen LogP contribution is 2.28. The summed E-state index contributed by atoms with van der Waals surface area (Å²) in [5.41, 5.74) is 0.826. The van der Waals surface area contributed by atoms with E-state index in [-0.39, 0.29) is 13.2 Å². The number of likely N-dealkylation sites (tertiary alicyclic amines) is 1. The van der Waals surface area contributed by atoms with Crippen molar-refractivity contribution >= 4 is 23.4 Å². The van der Waals surface area contributed by atoms with Crippen molar-refractivity contribution in [3.63, 3.8) is 0 Å². The van der Waals surface area contributed by atoms with E-state index in [1.54, 1.807) is 6.92 Å². The van der Waals surface area contributed by atoms with E-state index in [1.165, 1.54) is 37.0 Å². The Balaban J connectivity index is 1.62. The average molecular weight is 461 g/mol. The fourth-order valence-corrected chi connectivity index (χ4v) is 4.79. The first-order chi connectivity index (χ1) is 15.6. The quantitative estimate of drug-likeness (QED) is 0.550. The van der Waals surface area contributed by atoms with E-state index >= 15 is 0 Å². The van der Waals surface area contributed by atoms with Crippen molar-refractivity contribution in [1.29, 1.82) is 0 Å². The molecule has 2 heterocycles. The Morgan fingerprint density at radius 1 is 1.06 bits per heavy atom. The van der Waals surface area contributed by atoms with Crippen LogP contribution in [0.3, 0.4) is 0 Å². The molecule has 1 aromatic carbocycles. The number of ether oxygens (including phenoxy) is 2. The van der Waals surface area contributed by atoms with Gasteiger partial charge in [0.2, 0.25) is 0 Å². The molecule has 0 saturated carbocycles. The number of hydrogen-bond acceptors (Lipinski definition) is 7. The summed E-state index contributed by atoms with van der Waals surface area (Å²) in [6.45, 7) is 4.88. The molecule has 2 aromatic rings. The summed E-state index contributed by atoms with van der Waals surface area (Å²) in [6, 6.07) is 11.8. The van der Waals surface area contributed by atoms with Crippen LogP contribution >= 0.6 is 11.3 Å². The summed E-state index contributed by atoms with van der Waals surface area (Å²) in [7, 11) is 0. The summed E-state index contributed by atoms with van der Waals surface area (Å²) < 4.78 is 10.3. The van der Waals surface area contributed by atoms with Crippen LogP contribution in [-0.2, 0) is 27.4 Å². The predicted molar refractivity (Wildman–Crippen MR) is 123 cm³/mol. The summed E-state index contributed by atoms with van der Waals surface area (Å²) in [4.78, 5) is 28.9. The first-order valence-corrected chi connectivity index (χ1v) is 12.0. The average Bonchev–Trinajstić information content (AvgIpc) is 3.11. The van der Waals surface area contributed by atoms with Crippen LogP contribution in [0.15, 0.2) is 42.5 Å². The maximum Gasteiger partial charge on any atom is 0.408 e. The van der Waals surface area contributed by atoms with Crippen LogP contribution in [0.4, 0.5) is 4.79 Å². The zero-order chi connectivity index (χ0) is 22.8. The van der Waals surface area contributed by atoms with Crippen LogP contribution < -0.4 is 5.32 Å². The van der Waals surface area contributed by atoms with Crippen LogP contribution in [0.1, 0.15) is 54.0 Å². The van der Waals surface area contributed by atoms with Gasteiger partial charge >= 0.3 is 12.1 Å². The van der Waals surface area contributed by atoms with Gasteiger partial charge in [0.25, 0.3) is 0 Å². The van der Waals surface area contributed by atoms with E-state index in [0.29, 0.717) is 4.88 Å². The van der Waals surface area contributed by atoms with Gasteiger partial charge < -0.3 is 19.9 Å². The van der Waals surface area contributed by atoms with E-state index in [1.807, 2.05) is 42.5 Å². The Morgan fingerprint density at radius 3 is 2.47 bits per heavy atom. The standard InChI is InChI=1S/C24H32N2O5S/c1-2-30-23(28)21(25-24(29)31-17-18-10-6-5-7-11-18)22(27)20-13-12-19(32-20)16-26-14-8-3-4-9-15-26/h5-7,10-13,21-22,27H,2-4,8-9,14-17H2,1H3,(H,25,29). The van der Waals surface area contributed by atoms with Crippen molar-refractivity contribution in [1.82, 2.24) is 10.2 Å². The first-order valence-electron chi connectivity index (χ1n) is 11.2. The van der Waals surface area contributed by atoms with Crippen molar-refractivity contribution in [2.75, 3.05) is 19.7 Å². The lowest BCUT2D eigenvalue weighted by atomic mass is 10.1. The second-order valence-corrected chi connectivity index (χ2v) is 9.07. The number of benzene rings is 1. The van der Waals surface area contributed by atoms with Gasteiger partial charge in [-0.25, -0.2) is 9.59 Å². The van der Waals surface area contributed by atoms with Crippen LogP contribution in [-0.4, -0.2) is 47.8 Å². The normalized spacial score (nSPS) is 16.6. The van der Waals surface area contributed by atoms with Crippen LogP contribution in [0.5, 0.6) is 0 Å². The monoisotopic (exact) mass is 460 g/mol. The lowest BCUT2D eigenvalue weighted by Gasteiger charge is -2.21. The Labute approximate surface area is 193 Å². The van der Waals surface area contributed by atoms with Crippen LogP contribution in [0.25, 0.3) is 0 Å². The van der Waals surface area contributed by atoms with Gasteiger partial charge in [0.1, 0.15) is 12.7 Å². The number of nitrogens with one attached hydrogen (secondary N) is 1. The van der Waals surface area contributed by atoms with Gasteiger partial charge in [0.05, 0.1) is 6.61 Å². The molecule has 1 saturated heterocycles. The Morgan fingerprint density at radius 2 is 1.78 bits per heavy atom. The molecule has 0 aliphatic carbocycles. The van der Waals surface area contributed by atoms with Crippen molar-refractivity contribution in [3.8, 4) is 0 Å². The molecule has 0 spiro atoms. The zero-order valence-electron chi connectivity index (χ0n) is 18.5. The molecular formula is C24H32N2O5S. The Hall–Kier alpha value is -2.42. The maximum atomic E-state index is 12.5. The number of rotatable bonds is 9. The molecule has 2 atom stereocenters. The summed E-state index contributed by atoms with van der Waals surface area (Å²) in [5.74, 6) is -0.695. The third-order valence-electron chi connectivity index (χ3n) is 5.39. The minimum absolute atomic E-state index is 0.0668. The number of carbonyl (C=O) groups excluding carboxylic acids is 2. The van der Waals surface area contributed by atoms with Crippen molar-refractivity contribution in [2.24, 2.45) is 0 Å². The smallest absolute Gasteiger partial charge is 0.408 e. The van der Waals surface area contributed by atoms with E-state index in [9.17, 15) is 14.7 Å². The highest BCUT2D eigenvalue weighted by atomic mass is 32.1. The second-order valence-electron chi connectivity index (χ2n) is 7.88. The van der Waals surface area contributed by atoms with Gasteiger partial charge in [-0.15, -0.1) is 11.3 Å². The number of aliphatic hydroxyl groups excluding tert-OH is 1. The summed E-state index contributed by atoms with van der Waals surface area (Å²) in [6.07, 6.45) is 2.96. The third-order valence-corrected chi connectivity index (χ3v) is 6.54. The van der Waals surface area contributed by atoms with Gasteiger partial charge in [-0.3, -0.25) is 4.90 Å². The van der Waals surface area contributed by atoms with Gasteiger partial charge in [-0.05, 0) is 50.6 Å². The summed E-state index contributed by atoms with van der Waals surface area (Å²) in [5, 5.41) is 13.4. The van der Waals surface area contributed by atoms with Gasteiger partial charge in [-0.2, -0.15) is 0 Å². The van der Waals surface area contributed by atoms with E-state index in [4.69, 9.17) is 9.47 Å². The molecule has 1 amide bonds. The molecule has 1 aliphatic heterocycles. The molecular weight excluding hydrogens is 428 g/mol. The Kier molecular flexibility index (Phi) is 9.52. The summed E-state index contributed by atoms with van der Waals surface area (Å²) >= 11 is 1.45. The van der Waals surface area contributed by atoms with Gasteiger partial charge in [0.15, 0.2) is 6.04 Å². The molecule has 32 heavy (non-hydrogen) atoms. The number of carbonyl (C=O) groups is 2. The molecule has 3 rings (SSSR count). The van der Waals surface area contributed by atoms with Crippen molar-refractivity contribution < 1.29 is 24.2 Å². The highest BCUT2D eigenvalue weighted by molar-refractivity contribution is 7.12. The number of nitrogens with zero attached hydrogens (tertiary/aromatic N) is 1. The first kappa shape index (κ1) is 24.2.